The summed E-state index contributed by atoms with van der Waals surface area (Å²) in [5, 5.41) is 4.52. The molecular weight excluding hydrogens is 244 g/mol. The van der Waals surface area contributed by atoms with E-state index in [0.717, 1.165) is 36.6 Å². The number of anilines is 1. The molecule has 1 saturated heterocycles. The van der Waals surface area contributed by atoms with Gasteiger partial charge < -0.3 is 10.2 Å². The smallest absolute Gasteiger partial charge is 0.0455 e. The molecule has 0 saturated carbocycles. The normalized spacial score (nSPS) is 25.0. The highest BCUT2D eigenvalue weighted by atomic mass is 35.5. The zero-order chi connectivity index (χ0) is 13.2. The summed E-state index contributed by atoms with van der Waals surface area (Å²) in [6, 6.07) is 6.39. The third kappa shape index (κ3) is 2.99. The zero-order valence-corrected chi connectivity index (χ0v) is 12.3. The third-order valence-corrected chi connectivity index (χ3v) is 4.40. The molecule has 2 rings (SSSR count). The Labute approximate surface area is 115 Å². The van der Waals surface area contributed by atoms with Gasteiger partial charge in [-0.15, -0.1) is 0 Å². The minimum absolute atomic E-state index is 0.202. The molecule has 0 aromatic heterocycles. The number of benzene rings is 1. The topological polar surface area (TPSA) is 15.3 Å². The van der Waals surface area contributed by atoms with E-state index in [1.807, 2.05) is 6.92 Å². The molecular formula is C15H23ClN2. The quantitative estimate of drug-likeness (QED) is 0.880. The van der Waals surface area contributed by atoms with Gasteiger partial charge in [-0.3, -0.25) is 0 Å². The lowest BCUT2D eigenvalue weighted by atomic mass is 9.98. The molecule has 0 spiro atoms. The fourth-order valence-corrected chi connectivity index (χ4v) is 2.63. The molecule has 1 heterocycles. The first-order valence-corrected chi connectivity index (χ1v) is 7.18. The van der Waals surface area contributed by atoms with Crippen LogP contribution < -0.4 is 10.2 Å². The van der Waals surface area contributed by atoms with Crippen LogP contribution >= 0.6 is 11.6 Å². The van der Waals surface area contributed by atoms with Crippen molar-refractivity contribution in [3.05, 3.63) is 28.8 Å². The Kier molecular flexibility index (Phi) is 4.18. The van der Waals surface area contributed by atoms with E-state index in [2.05, 4.69) is 42.3 Å². The number of hydrogen-bond acceptors (Lipinski definition) is 2. The van der Waals surface area contributed by atoms with Crippen LogP contribution in [0.25, 0.3) is 0 Å². The summed E-state index contributed by atoms with van der Waals surface area (Å²) in [6.07, 6.45) is 2.32. The molecule has 1 N–H and O–H groups in total. The van der Waals surface area contributed by atoms with E-state index in [9.17, 15) is 0 Å². The molecule has 1 aromatic carbocycles. The van der Waals surface area contributed by atoms with Crippen molar-refractivity contribution in [1.82, 2.24) is 5.32 Å². The number of rotatable bonds is 2. The van der Waals surface area contributed by atoms with E-state index in [1.54, 1.807) is 0 Å². The summed E-state index contributed by atoms with van der Waals surface area (Å²) in [5.74, 6) is 0. The van der Waals surface area contributed by atoms with Gasteiger partial charge in [0.15, 0.2) is 0 Å². The zero-order valence-electron chi connectivity index (χ0n) is 11.6. The molecule has 18 heavy (non-hydrogen) atoms. The lowest BCUT2D eigenvalue weighted by molar-refractivity contribution is 0.366. The van der Waals surface area contributed by atoms with Gasteiger partial charge in [-0.25, -0.2) is 0 Å². The first kappa shape index (κ1) is 13.7. The van der Waals surface area contributed by atoms with Crippen molar-refractivity contribution in [1.29, 1.82) is 0 Å². The minimum atomic E-state index is 0.202. The Morgan fingerprint density at radius 1 is 1.44 bits per heavy atom. The molecule has 1 fully saturated rings. The number of aryl methyl sites for hydroxylation is 1. The Morgan fingerprint density at radius 2 is 2.22 bits per heavy atom. The molecule has 0 radical (unpaired) electrons. The predicted molar refractivity (Wildman–Crippen MR) is 79.7 cm³/mol. The lowest BCUT2D eigenvalue weighted by Crippen LogP contribution is -2.48. The predicted octanol–water partition coefficient (Wildman–Crippen LogP) is 3.62. The molecule has 0 aliphatic carbocycles. The second kappa shape index (κ2) is 5.50. The molecule has 1 aliphatic heterocycles. The molecule has 2 nitrogen and oxygen atoms in total. The van der Waals surface area contributed by atoms with Gasteiger partial charge in [0.05, 0.1) is 0 Å². The Hall–Kier alpha value is -0.730. The first-order valence-electron chi connectivity index (χ1n) is 6.80. The van der Waals surface area contributed by atoms with E-state index in [0.29, 0.717) is 0 Å². The number of halogens is 1. The SMILES string of the molecule is CCC1(C)CN(c2ccc(C)c(Cl)c2)CCCN1. The van der Waals surface area contributed by atoms with Crippen molar-refractivity contribution in [3.63, 3.8) is 0 Å². The van der Waals surface area contributed by atoms with E-state index >= 15 is 0 Å². The van der Waals surface area contributed by atoms with Crippen LogP contribution in [-0.2, 0) is 0 Å². The minimum Gasteiger partial charge on any atom is -0.370 e. The van der Waals surface area contributed by atoms with Crippen molar-refractivity contribution < 1.29 is 0 Å². The van der Waals surface area contributed by atoms with Crippen LogP contribution in [0.1, 0.15) is 32.3 Å². The monoisotopic (exact) mass is 266 g/mol. The standard InChI is InChI=1S/C15H23ClN2/c1-4-15(3)11-18(9-5-8-17-15)13-7-6-12(2)14(16)10-13/h6-7,10,17H,4-5,8-9,11H2,1-3H3. The lowest BCUT2D eigenvalue weighted by Gasteiger charge is -2.34. The van der Waals surface area contributed by atoms with Gasteiger partial charge in [0, 0.05) is 29.3 Å². The average Bonchev–Trinajstić information content (AvgIpc) is 2.56. The highest BCUT2D eigenvalue weighted by Gasteiger charge is 2.27. The van der Waals surface area contributed by atoms with Gasteiger partial charge in [0.1, 0.15) is 0 Å². The van der Waals surface area contributed by atoms with Crippen LogP contribution in [0.4, 0.5) is 5.69 Å². The van der Waals surface area contributed by atoms with Gasteiger partial charge in [-0.2, -0.15) is 0 Å². The number of nitrogens with zero attached hydrogens (tertiary/aromatic N) is 1. The molecule has 0 amide bonds. The van der Waals surface area contributed by atoms with Crippen molar-refractivity contribution in [2.24, 2.45) is 0 Å². The van der Waals surface area contributed by atoms with Crippen LogP contribution in [-0.4, -0.2) is 25.2 Å². The highest BCUT2D eigenvalue weighted by molar-refractivity contribution is 6.31. The van der Waals surface area contributed by atoms with Crippen molar-refractivity contribution in [2.45, 2.75) is 39.2 Å². The summed E-state index contributed by atoms with van der Waals surface area (Å²) < 4.78 is 0. The van der Waals surface area contributed by atoms with Gasteiger partial charge in [-0.1, -0.05) is 24.6 Å². The maximum absolute atomic E-state index is 6.24. The molecule has 3 heteroatoms. The van der Waals surface area contributed by atoms with Gasteiger partial charge in [-0.05, 0) is 50.9 Å². The fourth-order valence-electron chi connectivity index (χ4n) is 2.45. The van der Waals surface area contributed by atoms with Crippen LogP contribution in [0.15, 0.2) is 18.2 Å². The Morgan fingerprint density at radius 3 is 2.89 bits per heavy atom. The van der Waals surface area contributed by atoms with E-state index in [1.165, 1.54) is 12.1 Å². The Bertz CT molecular complexity index is 419. The molecule has 1 unspecified atom stereocenters. The Balaban J connectivity index is 2.22. The third-order valence-electron chi connectivity index (χ3n) is 4.00. The number of nitrogens with one attached hydrogen (secondary N) is 1. The van der Waals surface area contributed by atoms with Crippen molar-refractivity contribution >= 4 is 17.3 Å². The van der Waals surface area contributed by atoms with E-state index < -0.39 is 0 Å². The second-order valence-corrected chi connectivity index (χ2v) is 5.96. The molecule has 1 aromatic rings. The molecule has 1 atom stereocenters. The average molecular weight is 267 g/mol. The molecule has 1 aliphatic rings. The maximum Gasteiger partial charge on any atom is 0.0455 e. The maximum atomic E-state index is 6.24. The summed E-state index contributed by atoms with van der Waals surface area (Å²) in [5.41, 5.74) is 2.59. The summed E-state index contributed by atoms with van der Waals surface area (Å²) in [6.45, 7) is 9.84. The first-order chi connectivity index (χ1) is 8.54. The van der Waals surface area contributed by atoms with Crippen LogP contribution in [0.5, 0.6) is 0 Å². The molecule has 0 bridgehead atoms. The largest absolute Gasteiger partial charge is 0.370 e. The molecule has 100 valence electrons. The fraction of sp³-hybridized carbons (Fsp3) is 0.600. The van der Waals surface area contributed by atoms with E-state index in [4.69, 9.17) is 11.6 Å². The van der Waals surface area contributed by atoms with E-state index in [-0.39, 0.29) is 5.54 Å². The van der Waals surface area contributed by atoms with Crippen LogP contribution in [0.3, 0.4) is 0 Å². The summed E-state index contributed by atoms with van der Waals surface area (Å²) >= 11 is 6.24. The second-order valence-electron chi connectivity index (χ2n) is 5.55. The summed E-state index contributed by atoms with van der Waals surface area (Å²) in [4.78, 5) is 2.45. The summed E-state index contributed by atoms with van der Waals surface area (Å²) in [7, 11) is 0. The van der Waals surface area contributed by atoms with Crippen molar-refractivity contribution in [3.8, 4) is 0 Å². The van der Waals surface area contributed by atoms with Gasteiger partial charge in [0.25, 0.3) is 0 Å². The van der Waals surface area contributed by atoms with Gasteiger partial charge >= 0.3 is 0 Å². The van der Waals surface area contributed by atoms with Crippen LogP contribution in [0, 0.1) is 6.92 Å². The van der Waals surface area contributed by atoms with Crippen LogP contribution in [0.2, 0.25) is 5.02 Å². The van der Waals surface area contributed by atoms with Gasteiger partial charge in [0.2, 0.25) is 0 Å². The number of hydrogen-bond donors (Lipinski definition) is 1. The van der Waals surface area contributed by atoms with Crippen molar-refractivity contribution in [2.75, 3.05) is 24.5 Å². The highest BCUT2D eigenvalue weighted by Crippen LogP contribution is 2.26.